The molecule has 2 unspecified atom stereocenters. The van der Waals surface area contributed by atoms with Gasteiger partial charge in [0.15, 0.2) is 5.58 Å². The Morgan fingerprint density at radius 1 is 0.946 bits per heavy atom. The summed E-state index contributed by atoms with van der Waals surface area (Å²) < 4.78 is 5.91. The number of nitrogens with zero attached hydrogens (tertiary/aromatic N) is 1. The molecule has 192 valence electrons. The maximum absolute atomic E-state index is 12.5. The van der Waals surface area contributed by atoms with Crippen LogP contribution in [0.25, 0.3) is 22.6 Å². The molecule has 1 aromatic heterocycles. The van der Waals surface area contributed by atoms with E-state index in [9.17, 15) is 14.7 Å². The van der Waals surface area contributed by atoms with Crippen molar-refractivity contribution in [1.82, 2.24) is 10.3 Å². The molecule has 0 aliphatic carbocycles. The summed E-state index contributed by atoms with van der Waals surface area (Å²) in [6.07, 6.45) is 1.46. The van der Waals surface area contributed by atoms with E-state index in [1.54, 1.807) is 19.1 Å². The van der Waals surface area contributed by atoms with Crippen molar-refractivity contribution in [2.45, 2.75) is 39.7 Å². The largest absolute Gasteiger partial charge is 0.481 e. The number of para-hydroxylation sites is 2. The lowest BCUT2D eigenvalue weighted by molar-refractivity contribution is -0.141. The summed E-state index contributed by atoms with van der Waals surface area (Å²) in [4.78, 5) is 28.2. The number of carbonyl (C=O) groups is 2. The predicted molar refractivity (Wildman–Crippen MR) is 145 cm³/mol. The van der Waals surface area contributed by atoms with E-state index in [-0.39, 0.29) is 18.5 Å². The van der Waals surface area contributed by atoms with Crippen LogP contribution in [-0.2, 0) is 4.79 Å². The van der Waals surface area contributed by atoms with Gasteiger partial charge < -0.3 is 20.2 Å². The van der Waals surface area contributed by atoms with Crippen LogP contribution in [0, 0.1) is 11.8 Å². The van der Waals surface area contributed by atoms with Gasteiger partial charge >= 0.3 is 5.97 Å². The van der Waals surface area contributed by atoms with Gasteiger partial charge in [-0.3, -0.25) is 9.59 Å². The first-order valence-corrected chi connectivity index (χ1v) is 12.7. The van der Waals surface area contributed by atoms with Crippen LogP contribution in [0.15, 0.2) is 77.2 Å². The van der Waals surface area contributed by atoms with E-state index in [2.05, 4.69) is 41.6 Å². The number of aromatic nitrogens is 1. The third-order valence-electron chi connectivity index (χ3n) is 6.84. The standard InChI is InChI=1S/C30H33N3O4/c1-4-19(3)27(21-10-12-23(13-11-21)29-33-25-8-6-7-9-26(25)37-29)32-24-16-14-22(15-17-24)28(34)31-18-20(5-2)30(35)36/h6-17,19-20,27,32H,4-5,18H2,1-3H3,(H,31,34)(H,35,36)/t19?,20?,27-/m0/s1. The van der Waals surface area contributed by atoms with E-state index < -0.39 is 11.9 Å². The Morgan fingerprint density at radius 3 is 2.27 bits per heavy atom. The lowest BCUT2D eigenvalue weighted by atomic mass is 9.91. The quantitative estimate of drug-likeness (QED) is 0.217. The molecular weight excluding hydrogens is 466 g/mol. The molecule has 1 heterocycles. The van der Waals surface area contributed by atoms with Gasteiger partial charge in [0.25, 0.3) is 5.91 Å². The first-order chi connectivity index (χ1) is 17.9. The predicted octanol–water partition coefficient (Wildman–Crippen LogP) is 6.53. The molecule has 0 bridgehead atoms. The van der Waals surface area contributed by atoms with Crippen LogP contribution in [0.3, 0.4) is 0 Å². The average molecular weight is 500 g/mol. The molecule has 1 amide bonds. The number of carbonyl (C=O) groups excluding carboxylic acids is 1. The van der Waals surface area contributed by atoms with Gasteiger partial charge in [0.1, 0.15) is 5.52 Å². The number of carboxylic acid groups (broad SMARTS) is 1. The van der Waals surface area contributed by atoms with Gasteiger partial charge in [-0.15, -0.1) is 0 Å². The third kappa shape index (κ3) is 6.17. The summed E-state index contributed by atoms with van der Waals surface area (Å²) in [6, 6.07) is 23.3. The fraction of sp³-hybridized carbons (Fsp3) is 0.300. The molecule has 7 nitrogen and oxygen atoms in total. The zero-order chi connectivity index (χ0) is 26.4. The molecule has 3 atom stereocenters. The Hall–Kier alpha value is -4.13. The number of carboxylic acids is 1. The summed E-state index contributed by atoms with van der Waals surface area (Å²) in [6.45, 7) is 6.28. The number of nitrogens with one attached hydrogen (secondary N) is 2. The maximum atomic E-state index is 12.5. The van der Waals surface area contributed by atoms with Crippen LogP contribution in [0.5, 0.6) is 0 Å². The number of aliphatic carboxylic acids is 1. The van der Waals surface area contributed by atoms with Gasteiger partial charge in [-0.25, -0.2) is 4.98 Å². The maximum Gasteiger partial charge on any atom is 0.308 e. The van der Waals surface area contributed by atoms with Crippen molar-refractivity contribution in [1.29, 1.82) is 0 Å². The second-order valence-electron chi connectivity index (χ2n) is 9.35. The molecule has 0 radical (unpaired) electrons. The number of oxazole rings is 1. The minimum atomic E-state index is -0.902. The number of fused-ring (bicyclic) bond motifs is 1. The highest BCUT2D eigenvalue weighted by atomic mass is 16.4. The Bertz CT molecular complexity index is 1310. The average Bonchev–Trinajstić information content (AvgIpc) is 3.36. The highest BCUT2D eigenvalue weighted by Gasteiger charge is 2.20. The van der Waals surface area contributed by atoms with Crippen molar-refractivity contribution in [3.05, 3.63) is 83.9 Å². The second-order valence-corrected chi connectivity index (χ2v) is 9.35. The van der Waals surface area contributed by atoms with Gasteiger partial charge in [-0.05, 0) is 66.4 Å². The summed E-state index contributed by atoms with van der Waals surface area (Å²) >= 11 is 0. The molecule has 0 aliphatic rings. The van der Waals surface area contributed by atoms with Crippen LogP contribution in [0.2, 0.25) is 0 Å². The second kappa shape index (κ2) is 11.7. The van der Waals surface area contributed by atoms with E-state index >= 15 is 0 Å². The third-order valence-corrected chi connectivity index (χ3v) is 6.84. The first kappa shape index (κ1) is 25.9. The lowest BCUT2D eigenvalue weighted by Gasteiger charge is -2.26. The van der Waals surface area contributed by atoms with Crippen LogP contribution in [-0.4, -0.2) is 28.5 Å². The van der Waals surface area contributed by atoms with Crippen LogP contribution >= 0.6 is 0 Å². The Balaban J connectivity index is 1.46. The Kier molecular flexibility index (Phi) is 8.23. The first-order valence-electron chi connectivity index (χ1n) is 12.7. The molecule has 4 aromatic rings. The van der Waals surface area contributed by atoms with Gasteiger partial charge in [0, 0.05) is 23.4 Å². The van der Waals surface area contributed by atoms with Gasteiger partial charge in [-0.2, -0.15) is 0 Å². The summed E-state index contributed by atoms with van der Waals surface area (Å²) in [7, 11) is 0. The molecular formula is C30H33N3O4. The minimum absolute atomic E-state index is 0.0724. The molecule has 4 rings (SSSR count). The number of hydrogen-bond donors (Lipinski definition) is 3. The number of rotatable bonds is 11. The molecule has 3 N–H and O–H groups in total. The topological polar surface area (TPSA) is 104 Å². The number of amides is 1. The number of hydrogen-bond acceptors (Lipinski definition) is 5. The van der Waals surface area contributed by atoms with Crippen molar-refractivity contribution in [3.63, 3.8) is 0 Å². The summed E-state index contributed by atoms with van der Waals surface area (Å²) in [5, 5.41) is 15.5. The molecule has 0 spiro atoms. The minimum Gasteiger partial charge on any atom is -0.481 e. The number of anilines is 1. The molecule has 0 fully saturated rings. The monoisotopic (exact) mass is 499 g/mol. The van der Waals surface area contributed by atoms with Gasteiger partial charge in [-0.1, -0.05) is 51.5 Å². The van der Waals surface area contributed by atoms with E-state index in [1.165, 1.54) is 0 Å². The molecule has 0 saturated heterocycles. The van der Waals surface area contributed by atoms with E-state index in [0.717, 1.165) is 34.3 Å². The highest BCUT2D eigenvalue weighted by molar-refractivity contribution is 5.94. The van der Waals surface area contributed by atoms with Crippen molar-refractivity contribution >= 4 is 28.7 Å². The van der Waals surface area contributed by atoms with Crippen LogP contribution < -0.4 is 10.6 Å². The molecule has 0 aliphatic heterocycles. The Morgan fingerprint density at radius 2 is 1.65 bits per heavy atom. The van der Waals surface area contributed by atoms with Crippen molar-refractivity contribution < 1.29 is 19.1 Å². The molecule has 7 heteroatoms. The van der Waals surface area contributed by atoms with Crippen molar-refractivity contribution in [3.8, 4) is 11.5 Å². The highest BCUT2D eigenvalue weighted by Crippen LogP contribution is 2.31. The summed E-state index contributed by atoms with van der Waals surface area (Å²) in [5.41, 5.74) is 5.08. The van der Waals surface area contributed by atoms with Crippen molar-refractivity contribution in [2.75, 3.05) is 11.9 Å². The smallest absolute Gasteiger partial charge is 0.308 e. The van der Waals surface area contributed by atoms with Gasteiger partial charge in [0.2, 0.25) is 5.89 Å². The van der Waals surface area contributed by atoms with Gasteiger partial charge in [0.05, 0.1) is 12.0 Å². The normalized spacial score (nSPS) is 13.6. The number of benzene rings is 3. The van der Waals surface area contributed by atoms with Crippen LogP contribution in [0.4, 0.5) is 5.69 Å². The zero-order valence-electron chi connectivity index (χ0n) is 21.4. The molecule has 37 heavy (non-hydrogen) atoms. The molecule has 0 saturated carbocycles. The van der Waals surface area contributed by atoms with Crippen LogP contribution in [0.1, 0.15) is 55.6 Å². The SMILES string of the molecule is CCC(CNC(=O)c1ccc(N[C@H](c2ccc(-c3nc4ccccc4o3)cc2)C(C)CC)cc1)C(=O)O. The fourth-order valence-electron chi connectivity index (χ4n) is 4.24. The van der Waals surface area contributed by atoms with E-state index in [0.29, 0.717) is 23.8 Å². The lowest BCUT2D eigenvalue weighted by Crippen LogP contribution is -2.32. The zero-order valence-corrected chi connectivity index (χ0v) is 21.4. The molecule has 3 aromatic carbocycles. The fourth-order valence-corrected chi connectivity index (χ4v) is 4.24. The van der Waals surface area contributed by atoms with E-state index in [4.69, 9.17) is 4.42 Å². The summed E-state index contributed by atoms with van der Waals surface area (Å²) in [5.74, 6) is -0.807. The van der Waals surface area contributed by atoms with Crippen molar-refractivity contribution in [2.24, 2.45) is 11.8 Å². The van der Waals surface area contributed by atoms with E-state index in [1.807, 2.05) is 48.5 Å². The Labute approximate surface area is 216 Å².